The van der Waals surface area contributed by atoms with E-state index in [0.717, 1.165) is 26.7 Å². The second-order valence-corrected chi connectivity index (χ2v) is 7.72. The first kappa shape index (κ1) is 19.1. The van der Waals surface area contributed by atoms with Gasteiger partial charge in [-0.3, -0.25) is 4.79 Å². The summed E-state index contributed by atoms with van der Waals surface area (Å²) in [6.07, 6.45) is 0.00390. The summed E-state index contributed by atoms with van der Waals surface area (Å²) in [6, 6.07) is 17.8. The Hall–Kier alpha value is -2.68. The van der Waals surface area contributed by atoms with Crippen molar-refractivity contribution in [2.75, 3.05) is 6.61 Å². The Kier molecular flexibility index (Phi) is 6.59. The molecule has 0 radical (unpaired) electrons. The van der Waals surface area contributed by atoms with Crippen LogP contribution in [0.2, 0.25) is 0 Å². The van der Waals surface area contributed by atoms with Gasteiger partial charge in [-0.2, -0.15) is 0 Å². The number of hydrogen-bond donors (Lipinski definition) is 1. The molecule has 0 fully saturated rings. The van der Waals surface area contributed by atoms with Crippen LogP contribution in [-0.2, 0) is 11.2 Å². The molecule has 3 aromatic rings. The molecular weight excluding hydrogens is 376 g/mol. The van der Waals surface area contributed by atoms with Gasteiger partial charge in [0.15, 0.2) is 0 Å². The summed E-state index contributed by atoms with van der Waals surface area (Å²) < 4.78 is 5.54. The smallest absolute Gasteiger partial charge is 0.307 e. The predicted octanol–water partition coefficient (Wildman–Crippen LogP) is 5.60. The van der Waals surface area contributed by atoms with Crippen molar-refractivity contribution >= 4 is 29.1 Å². The van der Waals surface area contributed by atoms with Crippen LogP contribution in [0.1, 0.15) is 12.5 Å². The quantitative estimate of drug-likeness (QED) is 0.530. The highest BCUT2D eigenvalue weighted by molar-refractivity contribution is 7.99. The van der Waals surface area contributed by atoms with Crippen LogP contribution in [-0.4, -0.2) is 17.7 Å². The van der Waals surface area contributed by atoms with Gasteiger partial charge in [0.2, 0.25) is 0 Å². The number of aliphatic carboxylic acids is 1. The molecule has 0 aliphatic rings. The molecule has 3 nitrogen and oxygen atoms in total. The first-order valence-electron chi connectivity index (χ1n) is 8.34. The number of hydrogen-bond acceptors (Lipinski definition) is 4. The highest BCUT2D eigenvalue weighted by atomic mass is 32.2. The van der Waals surface area contributed by atoms with Gasteiger partial charge in [-0.25, -0.2) is 0 Å². The van der Waals surface area contributed by atoms with Crippen molar-refractivity contribution in [1.82, 2.24) is 0 Å². The van der Waals surface area contributed by atoms with Gasteiger partial charge in [-0.15, -0.1) is 17.3 Å². The summed E-state index contributed by atoms with van der Waals surface area (Å²) in [5.74, 6) is 5.59. The Morgan fingerprint density at radius 1 is 1.19 bits per heavy atom. The van der Waals surface area contributed by atoms with E-state index in [2.05, 4.69) is 24.0 Å². The summed E-state index contributed by atoms with van der Waals surface area (Å²) in [7, 11) is 0. The SMILES string of the molecule is CC#CCOc1ccc(Sc2cc(-c3cccs3)ccc2CC(=O)O)cc1. The average Bonchev–Trinajstić information content (AvgIpc) is 3.19. The molecule has 0 aliphatic carbocycles. The first-order valence-corrected chi connectivity index (χ1v) is 10.0. The van der Waals surface area contributed by atoms with E-state index in [4.69, 9.17) is 4.74 Å². The molecule has 0 spiro atoms. The van der Waals surface area contributed by atoms with Crippen LogP contribution in [0.4, 0.5) is 0 Å². The van der Waals surface area contributed by atoms with E-state index in [9.17, 15) is 9.90 Å². The maximum atomic E-state index is 11.2. The molecular formula is C22H18O3S2. The van der Waals surface area contributed by atoms with Crippen molar-refractivity contribution in [2.24, 2.45) is 0 Å². The van der Waals surface area contributed by atoms with Crippen molar-refractivity contribution in [3.63, 3.8) is 0 Å². The van der Waals surface area contributed by atoms with Gasteiger partial charge in [0, 0.05) is 14.7 Å². The zero-order valence-electron chi connectivity index (χ0n) is 14.8. The largest absolute Gasteiger partial charge is 0.481 e. The van der Waals surface area contributed by atoms with E-state index in [1.165, 1.54) is 4.88 Å². The van der Waals surface area contributed by atoms with Gasteiger partial charge in [0.05, 0.1) is 6.42 Å². The number of carbonyl (C=O) groups is 1. The van der Waals surface area contributed by atoms with Gasteiger partial charge < -0.3 is 9.84 Å². The monoisotopic (exact) mass is 394 g/mol. The number of benzene rings is 2. The lowest BCUT2D eigenvalue weighted by atomic mass is 10.1. The summed E-state index contributed by atoms with van der Waals surface area (Å²) in [5.41, 5.74) is 1.91. The van der Waals surface area contributed by atoms with Crippen LogP contribution < -0.4 is 4.74 Å². The number of rotatable bonds is 7. The molecule has 2 aromatic carbocycles. The van der Waals surface area contributed by atoms with Crippen molar-refractivity contribution in [3.8, 4) is 28.0 Å². The number of thiophene rings is 1. The highest BCUT2D eigenvalue weighted by Crippen LogP contribution is 2.36. The maximum Gasteiger partial charge on any atom is 0.307 e. The van der Waals surface area contributed by atoms with E-state index in [0.29, 0.717) is 6.61 Å². The van der Waals surface area contributed by atoms with Crippen molar-refractivity contribution in [3.05, 3.63) is 65.5 Å². The van der Waals surface area contributed by atoms with Gasteiger partial charge in [0.25, 0.3) is 0 Å². The predicted molar refractivity (Wildman–Crippen MR) is 111 cm³/mol. The fraction of sp³-hybridized carbons (Fsp3) is 0.136. The van der Waals surface area contributed by atoms with Crippen LogP contribution in [0.25, 0.3) is 10.4 Å². The fourth-order valence-corrected chi connectivity index (χ4v) is 4.18. The van der Waals surface area contributed by atoms with E-state index in [1.54, 1.807) is 30.0 Å². The number of carboxylic acids is 1. The third kappa shape index (κ3) is 5.40. The molecule has 3 rings (SSSR count). The van der Waals surface area contributed by atoms with E-state index >= 15 is 0 Å². The lowest BCUT2D eigenvalue weighted by molar-refractivity contribution is -0.136. The number of ether oxygens (including phenoxy) is 1. The van der Waals surface area contributed by atoms with E-state index < -0.39 is 5.97 Å². The van der Waals surface area contributed by atoms with Crippen LogP contribution in [0.15, 0.2) is 69.8 Å². The van der Waals surface area contributed by atoms with Crippen LogP contribution in [0, 0.1) is 11.8 Å². The van der Waals surface area contributed by atoms with Gasteiger partial charge in [-0.1, -0.05) is 35.9 Å². The summed E-state index contributed by atoms with van der Waals surface area (Å²) >= 11 is 3.23. The molecule has 0 amide bonds. The minimum atomic E-state index is -0.832. The van der Waals surface area contributed by atoms with Crippen LogP contribution in [0.5, 0.6) is 5.75 Å². The van der Waals surface area contributed by atoms with Crippen LogP contribution >= 0.6 is 23.1 Å². The van der Waals surface area contributed by atoms with Gasteiger partial charge in [-0.05, 0) is 59.8 Å². The topological polar surface area (TPSA) is 46.5 Å². The molecule has 5 heteroatoms. The number of carboxylic acid groups (broad SMARTS) is 1. The molecule has 1 N–H and O–H groups in total. The normalized spacial score (nSPS) is 10.1. The fourth-order valence-electron chi connectivity index (χ4n) is 2.48. The second-order valence-electron chi connectivity index (χ2n) is 5.66. The lowest BCUT2D eigenvalue weighted by Gasteiger charge is -2.10. The van der Waals surface area contributed by atoms with E-state index in [-0.39, 0.29) is 6.42 Å². The van der Waals surface area contributed by atoms with Crippen molar-refractivity contribution in [1.29, 1.82) is 0 Å². The molecule has 0 atom stereocenters. The molecule has 0 saturated heterocycles. The summed E-state index contributed by atoms with van der Waals surface area (Å²) in [6.45, 7) is 2.15. The summed E-state index contributed by atoms with van der Waals surface area (Å²) in [5, 5.41) is 11.3. The zero-order chi connectivity index (χ0) is 19.1. The Morgan fingerprint density at radius 2 is 2.00 bits per heavy atom. The summed E-state index contributed by atoms with van der Waals surface area (Å²) in [4.78, 5) is 14.4. The Balaban J connectivity index is 1.83. The Labute approximate surface area is 167 Å². The van der Waals surface area contributed by atoms with Crippen LogP contribution in [0.3, 0.4) is 0 Å². The van der Waals surface area contributed by atoms with E-state index in [1.807, 2.05) is 47.8 Å². The maximum absolute atomic E-state index is 11.2. The highest BCUT2D eigenvalue weighted by Gasteiger charge is 2.11. The van der Waals surface area contributed by atoms with Gasteiger partial charge >= 0.3 is 5.97 Å². The minimum Gasteiger partial charge on any atom is -0.481 e. The minimum absolute atomic E-state index is 0.00390. The molecule has 136 valence electrons. The average molecular weight is 395 g/mol. The molecule has 0 aliphatic heterocycles. The van der Waals surface area contributed by atoms with Gasteiger partial charge in [0.1, 0.15) is 12.4 Å². The molecule has 1 aromatic heterocycles. The first-order chi connectivity index (χ1) is 13.2. The molecule has 0 bridgehead atoms. The molecule has 27 heavy (non-hydrogen) atoms. The van der Waals surface area contributed by atoms with Crippen molar-refractivity contribution < 1.29 is 14.6 Å². The lowest BCUT2D eigenvalue weighted by Crippen LogP contribution is -2.01. The third-order valence-corrected chi connectivity index (χ3v) is 5.78. The van der Waals surface area contributed by atoms with Crippen molar-refractivity contribution in [2.45, 2.75) is 23.1 Å². The molecule has 0 unspecified atom stereocenters. The Bertz CT molecular complexity index is 965. The Morgan fingerprint density at radius 3 is 2.67 bits per heavy atom. The standard InChI is InChI=1S/C22H18O3S2/c1-2-3-12-25-18-8-10-19(11-9-18)27-21-14-16(20-5-4-13-26-20)6-7-17(21)15-22(23)24/h4-11,13-14H,12,15H2,1H3,(H,23,24). The second kappa shape index (κ2) is 9.31. The zero-order valence-corrected chi connectivity index (χ0v) is 16.4. The molecule has 1 heterocycles. The third-order valence-electron chi connectivity index (χ3n) is 3.75. The molecule has 0 saturated carbocycles.